The number of hydrogen-bond donors (Lipinski definition) is 2. The van der Waals surface area contributed by atoms with E-state index in [1.807, 2.05) is 6.07 Å². The molecule has 0 aromatic heterocycles. The van der Waals surface area contributed by atoms with Gasteiger partial charge < -0.3 is 15.8 Å². The number of carbonyl (C=O) groups is 2. The monoisotopic (exact) mass is 374 g/mol. The molecule has 0 bridgehead atoms. The van der Waals surface area contributed by atoms with Crippen LogP contribution < -0.4 is 11.1 Å². The van der Waals surface area contributed by atoms with Gasteiger partial charge in [0.15, 0.2) is 0 Å². The predicted octanol–water partition coefficient (Wildman–Crippen LogP) is 1.72. The highest BCUT2D eigenvalue weighted by Gasteiger charge is 2.10. The zero-order chi connectivity index (χ0) is 14.3. The number of hydrogen-bond acceptors (Lipinski definition) is 4. The summed E-state index contributed by atoms with van der Waals surface area (Å²) in [6.45, 7) is 3.82. The van der Waals surface area contributed by atoms with Crippen LogP contribution in [0.15, 0.2) is 30.9 Å². The average molecular weight is 374 g/mol. The molecule has 0 aliphatic rings. The Bertz CT molecular complexity index is 489. The van der Waals surface area contributed by atoms with Crippen molar-refractivity contribution in [2.24, 2.45) is 0 Å². The summed E-state index contributed by atoms with van der Waals surface area (Å²) < 4.78 is 5.71. The number of rotatable bonds is 6. The Kier molecular flexibility index (Phi) is 6.34. The average Bonchev–Trinajstić information content (AvgIpc) is 2.39. The maximum atomic E-state index is 11.9. The zero-order valence-electron chi connectivity index (χ0n) is 10.3. The molecule has 102 valence electrons. The molecule has 0 unspecified atom stereocenters. The Morgan fingerprint density at radius 1 is 1.47 bits per heavy atom. The van der Waals surface area contributed by atoms with E-state index >= 15 is 0 Å². The first-order valence-electron chi connectivity index (χ1n) is 5.64. The molecule has 0 spiro atoms. The van der Waals surface area contributed by atoms with E-state index in [4.69, 9.17) is 10.5 Å². The van der Waals surface area contributed by atoms with Crippen molar-refractivity contribution in [3.63, 3.8) is 0 Å². The second-order valence-corrected chi connectivity index (χ2v) is 4.95. The lowest BCUT2D eigenvalue weighted by Crippen LogP contribution is -2.27. The van der Waals surface area contributed by atoms with Crippen LogP contribution in [0.5, 0.6) is 0 Å². The molecule has 1 rings (SSSR count). The molecule has 0 aliphatic carbocycles. The van der Waals surface area contributed by atoms with E-state index in [2.05, 4.69) is 34.5 Å². The fraction of sp³-hybridized carbons (Fsp3) is 0.231. The van der Waals surface area contributed by atoms with Gasteiger partial charge >= 0.3 is 5.97 Å². The summed E-state index contributed by atoms with van der Waals surface area (Å²) in [6.07, 6.45) is 1.60. The van der Waals surface area contributed by atoms with Crippen molar-refractivity contribution in [2.45, 2.75) is 6.42 Å². The third kappa shape index (κ3) is 5.29. The van der Waals surface area contributed by atoms with Gasteiger partial charge in [0.2, 0.25) is 0 Å². The first-order chi connectivity index (χ1) is 9.04. The Balaban J connectivity index is 2.45. The smallest absolute Gasteiger partial charge is 0.307 e. The first kappa shape index (κ1) is 15.5. The molecule has 0 heterocycles. The normalized spacial score (nSPS) is 9.74. The summed E-state index contributed by atoms with van der Waals surface area (Å²) in [5.74, 6) is -0.677. The number of nitrogens with two attached hydrogens (primary N) is 1. The van der Waals surface area contributed by atoms with Gasteiger partial charge in [0.1, 0.15) is 6.61 Å². The topological polar surface area (TPSA) is 81.4 Å². The van der Waals surface area contributed by atoms with Crippen molar-refractivity contribution in [2.75, 3.05) is 18.9 Å². The lowest BCUT2D eigenvalue weighted by Gasteiger charge is -2.07. The van der Waals surface area contributed by atoms with E-state index in [9.17, 15) is 9.59 Å². The number of amides is 1. The van der Waals surface area contributed by atoms with Crippen LogP contribution in [0.3, 0.4) is 0 Å². The summed E-state index contributed by atoms with van der Waals surface area (Å²) >= 11 is 2.10. The van der Waals surface area contributed by atoms with Gasteiger partial charge in [-0.15, -0.1) is 0 Å². The number of ether oxygens (including phenoxy) is 1. The van der Waals surface area contributed by atoms with Gasteiger partial charge in [-0.25, -0.2) is 0 Å². The molecule has 1 amide bonds. The molecule has 3 N–H and O–H groups in total. The van der Waals surface area contributed by atoms with Crippen molar-refractivity contribution in [3.8, 4) is 0 Å². The minimum atomic E-state index is -0.379. The quantitative estimate of drug-likeness (QED) is 0.344. The van der Waals surface area contributed by atoms with Crippen LogP contribution in [0.25, 0.3) is 0 Å². The molecule has 5 nitrogen and oxygen atoms in total. The first-order valence-corrected chi connectivity index (χ1v) is 6.72. The Labute approximate surface area is 125 Å². The van der Waals surface area contributed by atoms with Gasteiger partial charge in [-0.05, 0) is 40.8 Å². The summed E-state index contributed by atoms with van der Waals surface area (Å²) in [7, 11) is 0. The van der Waals surface area contributed by atoms with Crippen molar-refractivity contribution in [3.05, 3.63) is 40.0 Å². The Morgan fingerprint density at radius 3 is 2.89 bits per heavy atom. The molecule has 19 heavy (non-hydrogen) atoms. The van der Waals surface area contributed by atoms with Crippen LogP contribution in [-0.2, 0) is 9.53 Å². The number of halogens is 1. The van der Waals surface area contributed by atoms with E-state index in [-0.39, 0.29) is 31.4 Å². The summed E-state index contributed by atoms with van der Waals surface area (Å²) in [5, 5.41) is 2.63. The van der Waals surface area contributed by atoms with E-state index in [0.29, 0.717) is 11.3 Å². The number of nitrogen functional groups attached to an aromatic ring is 1. The maximum absolute atomic E-state index is 11.9. The summed E-state index contributed by atoms with van der Waals surface area (Å²) in [5.41, 5.74) is 6.54. The minimum absolute atomic E-state index is 0.114. The molecule has 6 heteroatoms. The van der Waals surface area contributed by atoms with Crippen molar-refractivity contribution >= 4 is 40.2 Å². The van der Waals surface area contributed by atoms with Crippen molar-refractivity contribution < 1.29 is 14.3 Å². The van der Waals surface area contributed by atoms with Gasteiger partial charge in [0, 0.05) is 15.8 Å². The molecule has 0 saturated carbocycles. The Hall–Kier alpha value is -1.57. The lowest BCUT2D eigenvalue weighted by molar-refractivity contribution is -0.142. The minimum Gasteiger partial charge on any atom is -0.461 e. The molecule has 0 atom stereocenters. The van der Waals surface area contributed by atoms with E-state index in [0.717, 1.165) is 3.57 Å². The molecule has 0 saturated heterocycles. The molecule has 0 fully saturated rings. The van der Waals surface area contributed by atoms with E-state index < -0.39 is 0 Å². The van der Waals surface area contributed by atoms with E-state index in [1.54, 1.807) is 12.1 Å². The van der Waals surface area contributed by atoms with Gasteiger partial charge in [-0.1, -0.05) is 12.7 Å². The fourth-order valence-corrected chi connectivity index (χ4v) is 1.81. The number of benzene rings is 1. The van der Waals surface area contributed by atoms with Gasteiger partial charge in [-0.2, -0.15) is 0 Å². The SMILES string of the molecule is C=CCOC(=O)CCNC(=O)c1cc(I)ccc1N. The van der Waals surface area contributed by atoms with E-state index in [1.165, 1.54) is 6.08 Å². The van der Waals surface area contributed by atoms with Crippen LogP contribution in [0.4, 0.5) is 5.69 Å². The highest BCUT2D eigenvalue weighted by molar-refractivity contribution is 14.1. The third-order valence-corrected chi connectivity index (χ3v) is 2.91. The summed E-state index contributed by atoms with van der Waals surface area (Å²) in [4.78, 5) is 23.0. The molecule has 1 aromatic carbocycles. The van der Waals surface area contributed by atoms with Crippen molar-refractivity contribution in [1.82, 2.24) is 5.32 Å². The van der Waals surface area contributed by atoms with Gasteiger partial charge in [-0.3, -0.25) is 9.59 Å². The molecule has 0 aliphatic heterocycles. The van der Waals surface area contributed by atoms with Crippen molar-refractivity contribution in [1.29, 1.82) is 0 Å². The standard InChI is InChI=1S/C13H15IN2O3/c1-2-7-19-12(17)5-6-16-13(18)10-8-9(14)3-4-11(10)15/h2-4,8H,1,5-7,15H2,(H,16,18). The molecular weight excluding hydrogens is 359 g/mol. The van der Waals surface area contributed by atoms with Crippen LogP contribution in [0.2, 0.25) is 0 Å². The fourth-order valence-electron chi connectivity index (χ4n) is 1.32. The molecule has 0 radical (unpaired) electrons. The number of carbonyl (C=O) groups excluding carboxylic acids is 2. The molecule has 1 aromatic rings. The predicted molar refractivity (Wildman–Crippen MR) is 81.7 cm³/mol. The highest BCUT2D eigenvalue weighted by Crippen LogP contribution is 2.15. The molecular formula is C13H15IN2O3. The number of esters is 1. The van der Waals surface area contributed by atoms with Gasteiger partial charge in [0.25, 0.3) is 5.91 Å². The Morgan fingerprint density at radius 2 is 2.21 bits per heavy atom. The van der Waals surface area contributed by atoms with Crippen LogP contribution in [0, 0.1) is 3.57 Å². The second kappa shape index (κ2) is 7.78. The second-order valence-electron chi connectivity index (χ2n) is 3.71. The largest absolute Gasteiger partial charge is 0.461 e. The highest BCUT2D eigenvalue weighted by atomic mass is 127. The maximum Gasteiger partial charge on any atom is 0.307 e. The number of nitrogens with one attached hydrogen (secondary N) is 1. The zero-order valence-corrected chi connectivity index (χ0v) is 12.5. The third-order valence-electron chi connectivity index (χ3n) is 2.24. The van der Waals surface area contributed by atoms with Gasteiger partial charge in [0.05, 0.1) is 12.0 Å². The summed E-state index contributed by atoms with van der Waals surface area (Å²) in [6, 6.07) is 5.19. The number of anilines is 1. The lowest BCUT2D eigenvalue weighted by atomic mass is 10.1. The van der Waals surface area contributed by atoms with Crippen LogP contribution in [-0.4, -0.2) is 25.0 Å². The van der Waals surface area contributed by atoms with Crippen LogP contribution in [0.1, 0.15) is 16.8 Å². The van der Waals surface area contributed by atoms with Crippen LogP contribution >= 0.6 is 22.6 Å².